The largest absolute Gasteiger partial charge is 0.456 e. The lowest BCUT2D eigenvalue weighted by molar-refractivity contribution is 0.194. The third-order valence-corrected chi connectivity index (χ3v) is 2.50. The number of aliphatic hydroxyl groups is 2. The fraction of sp³-hybridized carbons (Fsp3) is 0.214. The van der Waals surface area contributed by atoms with E-state index in [2.05, 4.69) is 4.98 Å². The van der Waals surface area contributed by atoms with Gasteiger partial charge < -0.3 is 14.9 Å². The highest BCUT2D eigenvalue weighted by Gasteiger charge is 2.03. The van der Waals surface area contributed by atoms with Gasteiger partial charge in [-0.25, -0.2) is 0 Å². The fourth-order valence-electron chi connectivity index (χ4n) is 1.54. The summed E-state index contributed by atoms with van der Waals surface area (Å²) >= 11 is 0. The van der Waals surface area contributed by atoms with E-state index in [1.807, 2.05) is 18.2 Å². The molecule has 1 unspecified atom stereocenters. The van der Waals surface area contributed by atoms with Crippen LogP contribution in [0.25, 0.3) is 0 Å². The number of aromatic nitrogens is 1. The molecule has 0 aliphatic rings. The van der Waals surface area contributed by atoms with Crippen LogP contribution in [-0.4, -0.2) is 15.2 Å². The number of hydrogen-bond donors (Lipinski definition) is 2. The van der Waals surface area contributed by atoms with E-state index in [-0.39, 0.29) is 6.61 Å². The van der Waals surface area contributed by atoms with Crippen molar-refractivity contribution in [3.8, 4) is 11.5 Å². The minimum atomic E-state index is -0.586. The van der Waals surface area contributed by atoms with Crippen molar-refractivity contribution in [3.05, 3.63) is 53.9 Å². The highest BCUT2D eigenvalue weighted by Crippen LogP contribution is 2.22. The van der Waals surface area contributed by atoms with Crippen molar-refractivity contribution in [2.45, 2.75) is 19.6 Å². The first-order valence-electron chi connectivity index (χ1n) is 5.70. The summed E-state index contributed by atoms with van der Waals surface area (Å²) in [4.78, 5) is 4.09. The molecule has 1 heterocycles. The van der Waals surface area contributed by atoms with Crippen LogP contribution < -0.4 is 4.74 Å². The molecule has 0 amide bonds. The zero-order valence-electron chi connectivity index (χ0n) is 10.1. The maximum atomic E-state index is 9.34. The maximum absolute atomic E-state index is 9.34. The van der Waals surface area contributed by atoms with Crippen LogP contribution in [0, 0.1) is 0 Å². The van der Waals surface area contributed by atoms with Crippen molar-refractivity contribution >= 4 is 0 Å². The Labute approximate surface area is 106 Å². The Morgan fingerprint density at radius 2 is 2.06 bits per heavy atom. The van der Waals surface area contributed by atoms with E-state index in [1.165, 1.54) is 0 Å². The second kappa shape index (κ2) is 5.62. The van der Waals surface area contributed by atoms with Crippen LogP contribution in [0.15, 0.2) is 42.6 Å². The first-order chi connectivity index (χ1) is 8.69. The van der Waals surface area contributed by atoms with Crippen LogP contribution in [-0.2, 0) is 6.61 Å². The number of aliphatic hydroxyl groups excluding tert-OH is 2. The van der Waals surface area contributed by atoms with E-state index in [0.717, 1.165) is 5.56 Å². The predicted octanol–water partition coefficient (Wildman–Crippen LogP) is 2.42. The van der Waals surface area contributed by atoms with Gasteiger partial charge in [0.2, 0.25) is 0 Å². The Balaban J connectivity index is 2.13. The molecule has 4 heteroatoms. The van der Waals surface area contributed by atoms with Crippen molar-refractivity contribution in [2.75, 3.05) is 0 Å². The molecule has 0 aliphatic carbocycles. The lowest BCUT2D eigenvalue weighted by Crippen LogP contribution is -1.95. The number of nitrogens with zero attached hydrogens (tertiary/aromatic N) is 1. The van der Waals surface area contributed by atoms with Gasteiger partial charge >= 0.3 is 0 Å². The highest BCUT2D eigenvalue weighted by atomic mass is 16.5. The van der Waals surface area contributed by atoms with Crippen molar-refractivity contribution in [1.82, 2.24) is 4.98 Å². The number of hydrogen-bond acceptors (Lipinski definition) is 4. The van der Waals surface area contributed by atoms with Crippen LogP contribution in [0.1, 0.15) is 24.3 Å². The third-order valence-electron chi connectivity index (χ3n) is 2.50. The van der Waals surface area contributed by atoms with Gasteiger partial charge in [0.15, 0.2) is 0 Å². The van der Waals surface area contributed by atoms with Crippen LogP contribution in [0.4, 0.5) is 0 Å². The number of rotatable bonds is 4. The molecule has 0 aliphatic heterocycles. The first kappa shape index (κ1) is 12.5. The van der Waals surface area contributed by atoms with Crippen molar-refractivity contribution in [1.29, 1.82) is 0 Å². The average Bonchev–Trinajstić information content (AvgIpc) is 2.39. The quantitative estimate of drug-likeness (QED) is 0.868. The van der Waals surface area contributed by atoms with Gasteiger partial charge in [-0.2, -0.15) is 0 Å². The van der Waals surface area contributed by atoms with E-state index in [0.29, 0.717) is 17.2 Å². The average molecular weight is 245 g/mol. The summed E-state index contributed by atoms with van der Waals surface area (Å²) in [6.07, 6.45) is 0.977. The predicted molar refractivity (Wildman–Crippen MR) is 67.3 cm³/mol. The van der Waals surface area contributed by atoms with Crippen LogP contribution >= 0.6 is 0 Å². The van der Waals surface area contributed by atoms with Crippen molar-refractivity contribution in [3.63, 3.8) is 0 Å². The van der Waals surface area contributed by atoms with E-state index >= 15 is 0 Å². The van der Waals surface area contributed by atoms with Gasteiger partial charge in [-0.15, -0.1) is 0 Å². The summed E-state index contributed by atoms with van der Waals surface area (Å²) in [7, 11) is 0. The number of ether oxygens (including phenoxy) is 1. The van der Waals surface area contributed by atoms with Gasteiger partial charge in [0.05, 0.1) is 24.6 Å². The lowest BCUT2D eigenvalue weighted by atomic mass is 10.2. The molecule has 1 aromatic carbocycles. The first-order valence-corrected chi connectivity index (χ1v) is 5.70. The molecule has 94 valence electrons. The van der Waals surface area contributed by atoms with Gasteiger partial charge in [0.1, 0.15) is 11.5 Å². The van der Waals surface area contributed by atoms with Crippen molar-refractivity contribution in [2.24, 2.45) is 0 Å². The Morgan fingerprint density at radius 1 is 1.22 bits per heavy atom. The second-order valence-corrected chi connectivity index (χ2v) is 4.00. The smallest absolute Gasteiger partial charge is 0.145 e. The van der Waals surface area contributed by atoms with Crippen LogP contribution in [0.5, 0.6) is 11.5 Å². The summed E-state index contributed by atoms with van der Waals surface area (Å²) in [6, 6.07) is 10.7. The SMILES string of the molecule is CC(O)c1ccc(Oc2cccc(CO)c2)cn1. The number of benzene rings is 1. The Bertz CT molecular complexity index is 509. The summed E-state index contributed by atoms with van der Waals surface area (Å²) < 4.78 is 5.60. The molecular weight excluding hydrogens is 230 g/mol. The molecule has 0 saturated heterocycles. The monoisotopic (exact) mass is 245 g/mol. The van der Waals surface area contributed by atoms with Gasteiger partial charge in [-0.3, -0.25) is 4.98 Å². The fourth-order valence-corrected chi connectivity index (χ4v) is 1.54. The second-order valence-electron chi connectivity index (χ2n) is 4.00. The zero-order chi connectivity index (χ0) is 13.0. The number of pyridine rings is 1. The summed E-state index contributed by atoms with van der Waals surface area (Å²) in [6.45, 7) is 1.64. The van der Waals surface area contributed by atoms with Crippen LogP contribution in [0.3, 0.4) is 0 Å². The van der Waals surface area contributed by atoms with E-state index < -0.39 is 6.10 Å². The lowest BCUT2D eigenvalue weighted by Gasteiger charge is -2.08. The molecule has 0 bridgehead atoms. The molecule has 1 aromatic heterocycles. The standard InChI is InChI=1S/C14H15NO3/c1-10(17)14-6-5-13(8-15-14)18-12-4-2-3-11(7-12)9-16/h2-8,10,16-17H,9H2,1H3. The molecule has 1 atom stereocenters. The third kappa shape index (κ3) is 3.06. The summed E-state index contributed by atoms with van der Waals surface area (Å²) in [5.41, 5.74) is 1.40. The zero-order valence-corrected chi connectivity index (χ0v) is 10.1. The van der Waals surface area contributed by atoms with E-state index in [9.17, 15) is 5.11 Å². The molecule has 0 fully saturated rings. The molecule has 18 heavy (non-hydrogen) atoms. The van der Waals surface area contributed by atoms with E-state index in [4.69, 9.17) is 9.84 Å². The Morgan fingerprint density at radius 3 is 2.67 bits per heavy atom. The molecule has 2 aromatic rings. The molecule has 2 rings (SSSR count). The van der Waals surface area contributed by atoms with Crippen LogP contribution in [0.2, 0.25) is 0 Å². The van der Waals surface area contributed by atoms with Gasteiger partial charge in [0, 0.05) is 0 Å². The molecule has 4 nitrogen and oxygen atoms in total. The van der Waals surface area contributed by atoms with Gasteiger partial charge in [0.25, 0.3) is 0 Å². The molecule has 0 spiro atoms. The molecule has 0 saturated carbocycles. The molecular formula is C14H15NO3. The van der Waals surface area contributed by atoms with E-state index in [1.54, 1.807) is 31.3 Å². The Hall–Kier alpha value is -1.91. The van der Waals surface area contributed by atoms with Gasteiger partial charge in [-0.05, 0) is 36.8 Å². The normalized spacial score (nSPS) is 12.2. The molecule has 2 N–H and O–H groups in total. The summed E-state index contributed by atoms with van der Waals surface area (Å²) in [5, 5.41) is 18.4. The minimum Gasteiger partial charge on any atom is -0.456 e. The minimum absolute atomic E-state index is 0.0174. The van der Waals surface area contributed by atoms with Gasteiger partial charge in [-0.1, -0.05) is 12.1 Å². The van der Waals surface area contributed by atoms with Crippen molar-refractivity contribution < 1.29 is 14.9 Å². The highest BCUT2D eigenvalue weighted by molar-refractivity contribution is 5.33. The topological polar surface area (TPSA) is 62.6 Å². The Kier molecular flexibility index (Phi) is 3.92. The maximum Gasteiger partial charge on any atom is 0.145 e. The molecule has 0 radical (unpaired) electrons. The summed E-state index contributed by atoms with van der Waals surface area (Å²) in [5.74, 6) is 1.24.